The van der Waals surface area contributed by atoms with Crippen molar-refractivity contribution in [1.82, 2.24) is 0 Å². The van der Waals surface area contributed by atoms with Gasteiger partial charge in [0.1, 0.15) is 0 Å². The van der Waals surface area contributed by atoms with Crippen molar-refractivity contribution in [3.63, 3.8) is 0 Å². The number of hydrogen-bond donors (Lipinski definition) is 7. The third kappa shape index (κ3) is 65.2. The number of carbonyl (C=O) groups is 2. The largest absolute Gasteiger partial charge is 0.481 e. The third-order valence-corrected chi connectivity index (χ3v) is 4.30. The van der Waals surface area contributed by atoms with Crippen LogP contribution in [0.1, 0.15) is 78.1 Å². The van der Waals surface area contributed by atoms with Crippen LogP contribution in [0.2, 0.25) is 0 Å². The molecule has 0 aromatic rings. The molecule has 0 saturated heterocycles. The Morgan fingerprint density at radius 1 is 0.677 bits per heavy atom. The Balaban J connectivity index is -0.000000247. The first-order valence-corrected chi connectivity index (χ1v) is 11.8. The molecule has 0 aliphatic carbocycles. The van der Waals surface area contributed by atoms with Gasteiger partial charge in [0.15, 0.2) is 5.12 Å². The van der Waals surface area contributed by atoms with Crippen LogP contribution in [0.15, 0.2) is 0 Å². The summed E-state index contributed by atoms with van der Waals surface area (Å²) < 4.78 is 0. The molecule has 1 atom stereocenters. The van der Waals surface area contributed by atoms with Crippen LogP contribution in [0.4, 0.5) is 0 Å². The molecular formula is C21H46O9S. The Morgan fingerprint density at radius 2 is 1.00 bits per heavy atom. The second-order valence-electron chi connectivity index (χ2n) is 6.56. The SMILES string of the molecule is CC(=O)O.CC(=O)SCCCCCCCCCCCC(O)CO.OCCO.OCCO. The molecule has 0 rings (SSSR count). The van der Waals surface area contributed by atoms with Crippen LogP contribution < -0.4 is 0 Å². The summed E-state index contributed by atoms with van der Waals surface area (Å²) in [6, 6.07) is 0. The lowest BCUT2D eigenvalue weighted by atomic mass is 10.1. The number of rotatable bonds is 15. The lowest BCUT2D eigenvalue weighted by molar-refractivity contribution is -0.134. The lowest BCUT2D eigenvalue weighted by Gasteiger charge is -2.06. The second kappa shape index (κ2) is 36.6. The molecule has 7 N–H and O–H groups in total. The van der Waals surface area contributed by atoms with Crippen LogP contribution in [0.25, 0.3) is 0 Å². The Hall–Kier alpha value is -0.750. The molecule has 0 aromatic carbocycles. The monoisotopic (exact) mass is 474 g/mol. The van der Waals surface area contributed by atoms with Crippen LogP contribution in [0, 0.1) is 0 Å². The lowest BCUT2D eigenvalue weighted by Crippen LogP contribution is -2.10. The Kier molecular flexibility index (Phi) is 44.4. The van der Waals surface area contributed by atoms with Crippen molar-refractivity contribution in [3.8, 4) is 0 Å². The quantitative estimate of drug-likeness (QED) is 0.172. The molecule has 0 radical (unpaired) electrons. The topological polar surface area (TPSA) is 176 Å². The molecule has 0 fully saturated rings. The van der Waals surface area contributed by atoms with Crippen LogP contribution in [0.5, 0.6) is 0 Å². The van der Waals surface area contributed by atoms with E-state index in [0.29, 0.717) is 0 Å². The maximum absolute atomic E-state index is 10.7. The summed E-state index contributed by atoms with van der Waals surface area (Å²) in [6.45, 7) is 2.10. The molecule has 190 valence electrons. The first-order chi connectivity index (χ1) is 14.7. The molecular weight excluding hydrogens is 428 g/mol. The highest BCUT2D eigenvalue weighted by molar-refractivity contribution is 8.13. The second-order valence-corrected chi connectivity index (χ2v) is 7.83. The first kappa shape index (κ1) is 37.6. The van der Waals surface area contributed by atoms with E-state index < -0.39 is 12.1 Å². The predicted molar refractivity (Wildman–Crippen MR) is 124 cm³/mol. The summed E-state index contributed by atoms with van der Waals surface area (Å²) in [5.74, 6) is 0.141. The first-order valence-electron chi connectivity index (χ1n) is 10.8. The average Bonchev–Trinajstić information content (AvgIpc) is 2.74. The van der Waals surface area contributed by atoms with Gasteiger partial charge in [-0.15, -0.1) is 0 Å². The Labute approximate surface area is 191 Å². The highest BCUT2D eigenvalue weighted by Crippen LogP contribution is 2.13. The number of unbranched alkanes of at least 4 members (excludes halogenated alkanes) is 8. The molecule has 0 bridgehead atoms. The van der Waals surface area contributed by atoms with E-state index in [0.717, 1.165) is 38.4 Å². The van der Waals surface area contributed by atoms with Crippen LogP contribution in [-0.4, -0.2) is 91.7 Å². The van der Waals surface area contributed by atoms with Gasteiger partial charge in [0.05, 0.1) is 39.1 Å². The standard InChI is InChI=1S/C15H30O3S.C2H4O2.2C2H6O2/c1-14(17)19-12-10-8-6-4-2-3-5-7-9-11-15(18)13-16;1-2(3)4;2*3-1-2-4/h15-16,18H,2-13H2,1H3;1H3,(H,3,4);2*3-4H,1-2H2. The van der Waals surface area contributed by atoms with E-state index in [2.05, 4.69) is 0 Å². The highest BCUT2D eigenvalue weighted by Gasteiger charge is 2.00. The zero-order valence-electron chi connectivity index (χ0n) is 19.2. The molecule has 0 aliphatic heterocycles. The minimum absolute atomic E-state index is 0.109. The normalized spacial score (nSPS) is 10.5. The maximum atomic E-state index is 10.7. The number of aliphatic hydroxyl groups excluding tert-OH is 6. The fraction of sp³-hybridized carbons (Fsp3) is 0.905. The number of carboxylic acid groups (broad SMARTS) is 1. The predicted octanol–water partition coefficient (Wildman–Crippen LogP) is 1.55. The number of hydrogen-bond acceptors (Lipinski definition) is 9. The van der Waals surface area contributed by atoms with Gasteiger partial charge in [0, 0.05) is 19.6 Å². The van der Waals surface area contributed by atoms with Crippen molar-refractivity contribution in [3.05, 3.63) is 0 Å². The number of aliphatic carboxylic acids is 1. The summed E-state index contributed by atoms with van der Waals surface area (Å²) in [6.07, 6.45) is 11.2. The van der Waals surface area contributed by atoms with E-state index in [4.69, 9.17) is 40.5 Å². The van der Waals surface area contributed by atoms with Gasteiger partial charge < -0.3 is 35.7 Å². The van der Waals surface area contributed by atoms with Gasteiger partial charge in [0.2, 0.25) is 0 Å². The molecule has 0 aliphatic rings. The fourth-order valence-electron chi connectivity index (χ4n) is 2.03. The van der Waals surface area contributed by atoms with E-state index in [1.807, 2.05) is 0 Å². The number of aliphatic hydroxyl groups is 6. The molecule has 0 spiro atoms. The van der Waals surface area contributed by atoms with Crippen molar-refractivity contribution < 1.29 is 45.3 Å². The molecule has 0 aromatic heterocycles. The minimum Gasteiger partial charge on any atom is -0.481 e. The highest BCUT2D eigenvalue weighted by atomic mass is 32.2. The van der Waals surface area contributed by atoms with Crippen molar-refractivity contribution >= 4 is 22.8 Å². The molecule has 1 unspecified atom stereocenters. The van der Waals surface area contributed by atoms with Crippen molar-refractivity contribution in [2.24, 2.45) is 0 Å². The van der Waals surface area contributed by atoms with Gasteiger partial charge in [-0.25, -0.2) is 0 Å². The minimum atomic E-state index is -0.833. The number of thioether (sulfide) groups is 1. The van der Waals surface area contributed by atoms with Crippen LogP contribution in [-0.2, 0) is 9.59 Å². The summed E-state index contributed by atoms with van der Waals surface area (Å²) in [4.78, 5) is 19.7. The fourth-order valence-corrected chi connectivity index (χ4v) is 2.66. The molecule has 10 heteroatoms. The van der Waals surface area contributed by atoms with E-state index in [1.54, 1.807) is 6.92 Å². The van der Waals surface area contributed by atoms with Gasteiger partial charge in [-0.1, -0.05) is 63.1 Å². The number of carbonyl (C=O) groups excluding carboxylic acids is 1. The van der Waals surface area contributed by atoms with E-state index >= 15 is 0 Å². The summed E-state index contributed by atoms with van der Waals surface area (Å²) in [5.41, 5.74) is 0. The van der Waals surface area contributed by atoms with Crippen molar-refractivity contribution in [2.75, 3.05) is 38.8 Å². The van der Waals surface area contributed by atoms with Crippen LogP contribution in [0.3, 0.4) is 0 Å². The summed E-state index contributed by atoms with van der Waals surface area (Å²) in [5, 5.41) is 56.0. The average molecular weight is 475 g/mol. The smallest absolute Gasteiger partial charge is 0.300 e. The van der Waals surface area contributed by atoms with E-state index in [9.17, 15) is 4.79 Å². The Morgan fingerprint density at radius 3 is 1.29 bits per heavy atom. The summed E-state index contributed by atoms with van der Waals surface area (Å²) in [7, 11) is 0. The molecule has 9 nitrogen and oxygen atoms in total. The molecule has 0 saturated carbocycles. The molecule has 31 heavy (non-hydrogen) atoms. The molecule has 0 amide bonds. The Bertz CT molecular complexity index is 333. The number of carboxylic acids is 1. The van der Waals surface area contributed by atoms with E-state index in [-0.39, 0.29) is 38.1 Å². The van der Waals surface area contributed by atoms with Gasteiger partial charge in [-0.3, -0.25) is 9.59 Å². The van der Waals surface area contributed by atoms with E-state index in [1.165, 1.54) is 50.3 Å². The van der Waals surface area contributed by atoms with Crippen LogP contribution >= 0.6 is 11.8 Å². The van der Waals surface area contributed by atoms with Gasteiger partial charge in [-0.05, 0) is 12.8 Å². The van der Waals surface area contributed by atoms with Crippen molar-refractivity contribution in [2.45, 2.75) is 84.2 Å². The maximum Gasteiger partial charge on any atom is 0.300 e. The van der Waals surface area contributed by atoms with Gasteiger partial charge in [-0.2, -0.15) is 0 Å². The van der Waals surface area contributed by atoms with Gasteiger partial charge in [0.25, 0.3) is 5.97 Å². The zero-order chi connectivity index (χ0) is 24.8. The van der Waals surface area contributed by atoms with Crippen molar-refractivity contribution in [1.29, 1.82) is 0 Å². The summed E-state index contributed by atoms with van der Waals surface area (Å²) >= 11 is 1.44. The third-order valence-electron chi connectivity index (χ3n) is 3.40. The zero-order valence-corrected chi connectivity index (χ0v) is 20.1. The van der Waals surface area contributed by atoms with Gasteiger partial charge >= 0.3 is 0 Å². The molecule has 0 heterocycles.